The first kappa shape index (κ1) is 22.5. The van der Waals surface area contributed by atoms with E-state index in [1.165, 1.54) is 0 Å². The molecule has 1 heterocycles. The predicted molar refractivity (Wildman–Crippen MR) is 123 cm³/mol. The number of amides is 1. The van der Waals surface area contributed by atoms with Gasteiger partial charge in [0.05, 0.1) is 30.5 Å². The number of aryl methyl sites for hydroxylation is 1. The van der Waals surface area contributed by atoms with E-state index in [2.05, 4.69) is 22.1 Å². The van der Waals surface area contributed by atoms with Crippen molar-refractivity contribution in [2.45, 2.75) is 51.4 Å². The van der Waals surface area contributed by atoms with Gasteiger partial charge in [0.1, 0.15) is 5.82 Å². The molecule has 0 radical (unpaired) electrons. The molecule has 0 bridgehead atoms. The number of ether oxygens (including phenoxy) is 1. The molecule has 1 aromatic carbocycles. The van der Waals surface area contributed by atoms with Gasteiger partial charge in [0, 0.05) is 18.8 Å². The fourth-order valence-electron chi connectivity index (χ4n) is 3.75. The highest BCUT2D eigenvalue weighted by Crippen LogP contribution is 2.24. The Morgan fingerprint density at radius 2 is 2.10 bits per heavy atom. The van der Waals surface area contributed by atoms with Gasteiger partial charge in [-0.15, -0.1) is 0 Å². The second-order valence-electron chi connectivity index (χ2n) is 7.89. The van der Waals surface area contributed by atoms with Gasteiger partial charge in [0.25, 0.3) is 5.91 Å². The number of carbonyl (C=O) groups is 1. The first-order valence-corrected chi connectivity index (χ1v) is 10.6. The molecule has 1 aliphatic rings. The molecular weight excluding hydrogens is 390 g/mol. The molecule has 31 heavy (non-hydrogen) atoms. The molecule has 1 aromatic heterocycles. The Kier molecular flexibility index (Phi) is 7.78. The normalized spacial score (nSPS) is 20.1. The van der Waals surface area contributed by atoms with E-state index in [-0.39, 0.29) is 23.9 Å². The molecule has 1 saturated carbocycles. The predicted octanol–water partition coefficient (Wildman–Crippen LogP) is 3.34. The van der Waals surface area contributed by atoms with Crippen LogP contribution in [0.1, 0.15) is 43.7 Å². The Morgan fingerprint density at radius 1 is 1.35 bits per heavy atom. The fraction of sp³-hybridized carbons (Fsp3) is 0.375. The maximum absolute atomic E-state index is 13.1. The number of hydrogen-bond acceptors (Lipinski definition) is 5. The molecule has 7 heteroatoms. The zero-order valence-electron chi connectivity index (χ0n) is 18.3. The SMILES string of the molecule is C=N/C(N)=C(\C=C(/C)c1cnn(C)c1)C(=O)N[C@H]1CCCC[C@@H]1OCc1ccccc1. The van der Waals surface area contributed by atoms with E-state index in [0.717, 1.165) is 42.4 Å². The second-order valence-corrected chi connectivity index (χ2v) is 7.89. The van der Waals surface area contributed by atoms with Crippen LogP contribution in [0.25, 0.3) is 5.57 Å². The maximum Gasteiger partial charge on any atom is 0.255 e. The third kappa shape index (κ3) is 6.15. The monoisotopic (exact) mass is 421 g/mol. The van der Waals surface area contributed by atoms with Crippen molar-refractivity contribution in [3.8, 4) is 0 Å². The Hall–Kier alpha value is -3.19. The van der Waals surface area contributed by atoms with Gasteiger partial charge in [-0.25, -0.2) is 4.99 Å². The molecule has 1 amide bonds. The van der Waals surface area contributed by atoms with Gasteiger partial charge in [-0.05, 0) is 43.7 Å². The largest absolute Gasteiger partial charge is 0.383 e. The van der Waals surface area contributed by atoms with E-state index in [0.29, 0.717) is 12.2 Å². The lowest BCUT2D eigenvalue weighted by atomic mass is 9.92. The van der Waals surface area contributed by atoms with Crippen molar-refractivity contribution >= 4 is 18.2 Å². The Balaban J connectivity index is 1.72. The van der Waals surface area contributed by atoms with Crippen molar-refractivity contribution < 1.29 is 9.53 Å². The Labute approximate surface area is 183 Å². The summed E-state index contributed by atoms with van der Waals surface area (Å²) in [7, 11) is 1.85. The number of hydrogen-bond donors (Lipinski definition) is 2. The van der Waals surface area contributed by atoms with Gasteiger partial charge in [-0.3, -0.25) is 9.48 Å². The first-order valence-electron chi connectivity index (χ1n) is 10.6. The van der Waals surface area contributed by atoms with Crippen molar-refractivity contribution in [2.24, 2.45) is 17.8 Å². The van der Waals surface area contributed by atoms with Gasteiger partial charge in [-0.1, -0.05) is 43.2 Å². The molecule has 3 N–H and O–H groups in total. The number of nitrogens with one attached hydrogen (secondary N) is 1. The van der Waals surface area contributed by atoms with Crippen LogP contribution in [0.4, 0.5) is 0 Å². The molecule has 2 atom stereocenters. The number of allylic oxidation sites excluding steroid dienone is 1. The lowest BCUT2D eigenvalue weighted by Gasteiger charge is -2.32. The van der Waals surface area contributed by atoms with Crippen LogP contribution >= 0.6 is 0 Å². The summed E-state index contributed by atoms with van der Waals surface area (Å²) in [6.07, 6.45) is 9.24. The molecule has 164 valence electrons. The number of nitrogens with two attached hydrogens (primary N) is 1. The number of aromatic nitrogens is 2. The fourth-order valence-corrected chi connectivity index (χ4v) is 3.75. The third-order valence-corrected chi connectivity index (χ3v) is 5.54. The van der Waals surface area contributed by atoms with Gasteiger partial charge >= 0.3 is 0 Å². The van der Waals surface area contributed by atoms with Crippen molar-refractivity contribution in [1.82, 2.24) is 15.1 Å². The lowest BCUT2D eigenvalue weighted by molar-refractivity contribution is -0.119. The van der Waals surface area contributed by atoms with E-state index >= 15 is 0 Å². The van der Waals surface area contributed by atoms with Gasteiger partial charge in [0.15, 0.2) is 0 Å². The molecule has 0 saturated heterocycles. The highest BCUT2D eigenvalue weighted by molar-refractivity contribution is 5.99. The topological polar surface area (TPSA) is 94.5 Å². The number of benzene rings is 1. The molecular formula is C24H31N5O2. The lowest BCUT2D eigenvalue weighted by Crippen LogP contribution is -2.46. The zero-order chi connectivity index (χ0) is 22.2. The Morgan fingerprint density at radius 3 is 2.77 bits per heavy atom. The van der Waals surface area contributed by atoms with Crippen LogP contribution in [-0.4, -0.2) is 34.6 Å². The summed E-state index contributed by atoms with van der Waals surface area (Å²) >= 11 is 0. The van der Waals surface area contributed by atoms with E-state index in [4.69, 9.17) is 10.5 Å². The minimum Gasteiger partial charge on any atom is -0.383 e. The van der Waals surface area contributed by atoms with Crippen molar-refractivity contribution in [2.75, 3.05) is 0 Å². The van der Waals surface area contributed by atoms with E-state index in [9.17, 15) is 4.79 Å². The quantitative estimate of drug-likeness (QED) is 0.388. The second kappa shape index (κ2) is 10.7. The van der Waals surface area contributed by atoms with Gasteiger partial charge < -0.3 is 15.8 Å². The minimum absolute atomic E-state index is 0.0412. The molecule has 2 aromatic rings. The van der Waals surface area contributed by atoms with Crippen LogP contribution in [0.3, 0.4) is 0 Å². The third-order valence-electron chi connectivity index (χ3n) is 5.54. The maximum atomic E-state index is 13.1. The van der Waals surface area contributed by atoms with Crippen molar-refractivity contribution in [3.05, 3.63) is 71.3 Å². The molecule has 1 aliphatic carbocycles. The molecule has 7 nitrogen and oxygen atoms in total. The van der Waals surface area contributed by atoms with Crippen LogP contribution in [0, 0.1) is 0 Å². The summed E-state index contributed by atoms with van der Waals surface area (Å²) in [5.41, 5.74) is 9.21. The summed E-state index contributed by atoms with van der Waals surface area (Å²) < 4.78 is 7.89. The summed E-state index contributed by atoms with van der Waals surface area (Å²) in [4.78, 5) is 16.9. The number of aliphatic imine (C=N–C) groups is 1. The molecule has 3 rings (SSSR count). The van der Waals surface area contributed by atoms with Crippen LogP contribution < -0.4 is 11.1 Å². The smallest absolute Gasteiger partial charge is 0.255 e. The standard InChI is InChI=1S/C24H31N5O2/c1-17(19-14-27-29(3)15-19)13-20(23(25)26-2)24(30)28-21-11-7-8-12-22(21)31-16-18-9-5-4-6-10-18/h4-6,9-10,13-15,21-22H,2,7-8,11-12,16,25H2,1,3H3,(H,28,30)/b17-13+,23-20+/t21-,22-/m0/s1. The van der Waals surface area contributed by atoms with Crippen LogP contribution in [0.5, 0.6) is 0 Å². The molecule has 0 spiro atoms. The van der Waals surface area contributed by atoms with Crippen LogP contribution in [0.2, 0.25) is 0 Å². The summed E-state index contributed by atoms with van der Waals surface area (Å²) in [6.45, 7) is 5.92. The summed E-state index contributed by atoms with van der Waals surface area (Å²) in [5.74, 6) is -0.174. The molecule has 0 unspecified atom stereocenters. The molecule has 1 fully saturated rings. The summed E-state index contributed by atoms with van der Waals surface area (Å²) in [5, 5.41) is 7.31. The zero-order valence-corrected chi connectivity index (χ0v) is 18.3. The highest BCUT2D eigenvalue weighted by Gasteiger charge is 2.28. The Bertz CT molecular complexity index is 961. The van der Waals surface area contributed by atoms with E-state index < -0.39 is 0 Å². The number of rotatable bonds is 8. The van der Waals surface area contributed by atoms with Gasteiger partial charge in [-0.2, -0.15) is 5.10 Å². The average Bonchev–Trinajstić information content (AvgIpc) is 3.23. The van der Waals surface area contributed by atoms with Crippen molar-refractivity contribution in [1.29, 1.82) is 0 Å². The minimum atomic E-state index is -0.270. The number of carbonyl (C=O) groups excluding carboxylic acids is 1. The average molecular weight is 422 g/mol. The molecule has 0 aliphatic heterocycles. The number of nitrogens with zero attached hydrogens (tertiary/aromatic N) is 3. The van der Waals surface area contributed by atoms with E-state index in [1.54, 1.807) is 17.0 Å². The summed E-state index contributed by atoms with van der Waals surface area (Å²) in [6, 6.07) is 9.99. The first-order chi connectivity index (χ1) is 15.0. The van der Waals surface area contributed by atoms with Crippen LogP contribution in [-0.2, 0) is 23.2 Å². The highest BCUT2D eigenvalue weighted by atomic mass is 16.5. The van der Waals surface area contributed by atoms with E-state index in [1.807, 2.05) is 50.5 Å². The van der Waals surface area contributed by atoms with Gasteiger partial charge in [0.2, 0.25) is 0 Å². The van der Waals surface area contributed by atoms with Crippen LogP contribution in [0.15, 0.2) is 65.2 Å². The van der Waals surface area contributed by atoms with Crippen molar-refractivity contribution in [3.63, 3.8) is 0 Å².